The molecule has 0 fully saturated rings. The highest BCUT2D eigenvalue weighted by Crippen LogP contribution is 2.40. The van der Waals surface area contributed by atoms with Crippen LogP contribution in [0.25, 0.3) is 6.08 Å². The summed E-state index contributed by atoms with van der Waals surface area (Å²) in [5, 5.41) is 0. The number of nitrogens with zero attached hydrogens (tertiary/aromatic N) is 2. The maximum atomic E-state index is 4.68. The number of rotatable bonds is 3. The second-order valence-corrected chi connectivity index (χ2v) is 7.20. The van der Waals surface area contributed by atoms with Crippen molar-refractivity contribution in [3.8, 4) is 0 Å². The average molecular weight is 306 g/mol. The molecule has 1 unspecified atom stereocenters. The van der Waals surface area contributed by atoms with Gasteiger partial charge in [0, 0.05) is 13.2 Å². The van der Waals surface area contributed by atoms with Crippen molar-refractivity contribution >= 4 is 11.8 Å². The Morgan fingerprint density at radius 2 is 1.96 bits per heavy atom. The Labute approximate surface area is 139 Å². The summed E-state index contributed by atoms with van der Waals surface area (Å²) in [5.74, 6) is 0.641. The van der Waals surface area contributed by atoms with Gasteiger partial charge in [-0.25, -0.2) is 0 Å². The quantitative estimate of drug-likeness (QED) is 0.796. The minimum Gasteiger partial charge on any atom is -0.360 e. The van der Waals surface area contributed by atoms with Crippen molar-refractivity contribution < 1.29 is 0 Å². The lowest BCUT2D eigenvalue weighted by atomic mass is 9.84. The minimum absolute atomic E-state index is 0.142. The van der Waals surface area contributed by atoms with Crippen molar-refractivity contribution in [1.82, 2.24) is 4.98 Å². The van der Waals surface area contributed by atoms with Gasteiger partial charge in [-0.15, -0.1) is 0 Å². The number of hydrogen-bond acceptors (Lipinski definition) is 2. The Kier molecular flexibility index (Phi) is 4.01. The van der Waals surface area contributed by atoms with Crippen LogP contribution < -0.4 is 4.90 Å². The van der Waals surface area contributed by atoms with Crippen LogP contribution in [0.5, 0.6) is 0 Å². The van der Waals surface area contributed by atoms with E-state index >= 15 is 0 Å². The lowest BCUT2D eigenvalue weighted by Crippen LogP contribution is -2.42. The summed E-state index contributed by atoms with van der Waals surface area (Å²) in [7, 11) is 2.18. The molecule has 0 saturated carbocycles. The lowest BCUT2D eigenvalue weighted by molar-refractivity contribution is 0.571. The van der Waals surface area contributed by atoms with Crippen LogP contribution >= 0.6 is 0 Å². The van der Waals surface area contributed by atoms with E-state index in [0.29, 0.717) is 5.92 Å². The van der Waals surface area contributed by atoms with Gasteiger partial charge in [0.25, 0.3) is 0 Å². The third kappa shape index (κ3) is 2.78. The summed E-state index contributed by atoms with van der Waals surface area (Å²) in [6.45, 7) is 8.97. The van der Waals surface area contributed by atoms with Crippen LogP contribution in [0.1, 0.15) is 43.2 Å². The summed E-state index contributed by atoms with van der Waals surface area (Å²) in [5.41, 5.74) is 6.12. The third-order valence-electron chi connectivity index (χ3n) is 4.91. The predicted molar refractivity (Wildman–Crippen MR) is 98.7 cm³/mol. The molecular weight excluding hydrogens is 280 g/mol. The Bertz CT molecular complexity index is 745. The Morgan fingerprint density at radius 1 is 1.22 bits per heavy atom. The molecule has 1 aliphatic heterocycles. The fraction of sp³-hybridized carbons (Fsp3) is 0.381. The molecule has 1 aliphatic rings. The number of fused-ring (bicyclic) bond motifs is 1. The maximum absolute atomic E-state index is 4.68. The first-order valence-corrected chi connectivity index (χ1v) is 8.40. The predicted octanol–water partition coefficient (Wildman–Crippen LogP) is 4.97. The van der Waals surface area contributed by atoms with Crippen LogP contribution in [0, 0.1) is 12.8 Å². The van der Waals surface area contributed by atoms with Crippen molar-refractivity contribution in [3.63, 3.8) is 0 Å². The standard InChI is InChI=1S/C21H26N2/c1-15(2)12-17-13-20-19(22-14-17)10-11-21(4,23(20)5)18-9-7-6-8-16(18)3/h6-11,13-15H,12H2,1-5H3. The third-order valence-corrected chi connectivity index (χ3v) is 4.91. The molecule has 2 aromatic rings. The zero-order valence-corrected chi connectivity index (χ0v) is 14.8. The molecule has 0 spiro atoms. The number of anilines is 1. The molecular formula is C21H26N2. The number of aryl methyl sites for hydroxylation is 1. The molecule has 120 valence electrons. The number of benzene rings is 1. The smallest absolute Gasteiger partial charge is 0.0861 e. The normalized spacial score (nSPS) is 20.0. The largest absolute Gasteiger partial charge is 0.360 e. The minimum atomic E-state index is -0.142. The molecule has 1 atom stereocenters. The van der Waals surface area contributed by atoms with Crippen LogP contribution in [-0.2, 0) is 12.0 Å². The van der Waals surface area contributed by atoms with Crippen LogP contribution in [-0.4, -0.2) is 12.0 Å². The monoisotopic (exact) mass is 306 g/mol. The summed E-state index contributed by atoms with van der Waals surface area (Å²) >= 11 is 0. The van der Waals surface area contributed by atoms with Gasteiger partial charge in [-0.2, -0.15) is 0 Å². The first-order chi connectivity index (χ1) is 10.9. The molecule has 2 heterocycles. The Morgan fingerprint density at radius 3 is 2.65 bits per heavy atom. The maximum Gasteiger partial charge on any atom is 0.0861 e. The number of aromatic nitrogens is 1. The van der Waals surface area contributed by atoms with Crippen LogP contribution in [0.2, 0.25) is 0 Å². The van der Waals surface area contributed by atoms with E-state index in [1.807, 2.05) is 6.20 Å². The molecule has 0 amide bonds. The van der Waals surface area contributed by atoms with E-state index in [-0.39, 0.29) is 5.54 Å². The van der Waals surface area contributed by atoms with E-state index in [1.54, 1.807) is 0 Å². The highest BCUT2D eigenvalue weighted by Gasteiger charge is 2.34. The van der Waals surface area contributed by atoms with Gasteiger partial charge >= 0.3 is 0 Å². The zero-order chi connectivity index (χ0) is 16.6. The molecule has 0 bridgehead atoms. The number of pyridine rings is 1. The van der Waals surface area contributed by atoms with E-state index in [1.165, 1.54) is 22.4 Å². The van der Waals surface area contributed by atoms with Gasteiger partial charge in [0.05, 0.1) is 16.9 Å². The van der Waals surface area contributed by atoms with Crippen LogP contribution in [0.3, 0.4) is 0 Å². The zero-order valence-electron chi connectivity index (χ0n) is 14.8. The first kappa shape index (κ1) is 15.8. The van der Waals surface area contributed by atoms with Crippen LogP contribution in [0.15, 0.2) is 42.6 Å². The molecule has 0 N–H and O–H groups in total. The molecule has 0 saturated heterocycles. The Balaban J connectivity index is 2.06. The highest BCUT2D eigenvalue weighted by molar-refractivity contribution is 5.72. The van der Waals surface area contributed by atoms with Crippen molar-refractivity contribution in [2.45, 2.75) is 39.7 Å². The summed E-state index contributed by atoms with van der Waals surface area (Å²) in [6.07, 6.45) is 7.53. The second kappa shape index (κ2) is 5.84. The summed E-state index contributed by atoms with van der Waals surface area (Å²) < 4.78 is 0. The molecule has 2 nitrogen and oxygen atoms in total. The van der Waals surface area contributed by atoms with Gasteiger partial charge in [-0.1, -0.05) is 44.2 Å². The average Bonchev–Trinajstić information content (AvgIpc) is 2.51. The summed E-state index contributed by atoms with van der Waals surface area (Å²) in [6, 6.07) is 10.9. The summed E-state index contributed by atoms with van der Waals surface area (Å²) in [4.78, 5) is 7.04. The molecule has 3 rings (SSSR count). The molecule has 2 heteroatoms. The van der Waals surface area contributed by atoms with Gasteiger partial charge in [0.15, 0.2) is 0 Å². The van der Waals surface area contributed by atoms with E-state index in [9.17, 15) is 0 Å². The first-order valence-electron chi connectivity index (χ1n) is 8.40. The Hall–Kier alpha value is -2.09. The van der Waals surface area contributed by atoms with Crippen molar-refractivity contribution in [2.24, 2.45) is 5.92 Å². The molecule has 1 aromatic carbocycles. The number of likely N-dealkylation sites (N-methyl/N-ethyl adjacent to an activating group) is 1. The molecule has 1 aromatic heterocycles. The number of hydrogen-bond donors (Lipinski definition) is 0. The SMILES string of the molecule is Cc1ccccc1C1(C)C=Cc2ncc(CC(C)C)cc2N1C. The van der Waals surface area contributed by atoms with E-state index in [4.69, 9.17) is 0 Å². The molecule has 23 heavy (non-hydrogen) atoms. The topological polar surface area (TPSA) is 16.1 Å². The lowest BCUT2D eigenvalue weighted by Gasteiger charge is -2.42. The highest BCUT2D eigenvalue weighted by atomic mass is 15.2. The van der Waals surface area contributed by atoms with Crippen LogP contribution in [0.4, 0.5) is 5.69 Å². The van der Waals surface area contributed by atoms with E-state index in [2.05, 4.69) is 87.1 Å². The fourth-order valence-electron chi connectivity index (χ4n) is 3.50. The van der Waals surface area contributed by atoms with Gasteiger partial charge in [0.2, 0.25) is 0 Å². The van der Waals surface area contributed by atoms with E-state index < -0.39 is 0 Å². The van der Waals surface area contributed by atoms with Gasteiger partial charge in [-0.3, -0.25) is 4.98 Å². The molecule has 0 aliphatic carbocycles. The second-order valence-electron chi connectivity index (χ2n) is 7.20. The van der Waals surface area contributed by atoms with Crippen molar-refractivity contribution in [3.05, 3.63) is 65.0 Å². The van der Waals surface area contributed by atoms with Crippen molar-refractivity contribution in [2.75, 3.05) is 11.9 Å². The fourth-order valence-corrected chi connectivity index (χ4v) is 3.50. The van der Waals surface area contributed by atoms with E-state index in [0.717, 1.165) is 12.1 Å². The van der Waals surface area contributed by atoms with Crippen molar-refractivity contribution in [1.29, 1.82) is 0 Å². The van der Waals surface area contributed by atoms with Gasteiger partial charge in [-0.05, 0) is 55.0 Å². The van der Waals surface area contributed by atoms with Gasteiger partial charge < -0.3 is 4.90 Å². The van der Waals surface area contributed by atoms with Gasteiger partial charge in [0.1, 0.15) is 0 Å². The molecule has 0 radical (unpaired) electrons.